The number of benzene rings is 4. The zero-order valence-electron chi connectivity index (χ0n) is 38.8. The molecule has 3 aliphatic rings. The molecule has 0 saturated carbocycles. The molecule has 3 aliphatic heterocycles. The first-order chi connectivity index (χ1) is 34.2. The molecule has 3 fully saturated rings. The Kier molecular flexibility index (Phi) is 17.8. The van der Waals surface area contributed by atoms with Gasteiger partial charge in [0, 0.05) is 65.1 Å². The van der Waals surface area contributed by atoms with Crippen molar-refractivity contribution in [2.45, 2.75) is 120 Å². The fourth-order valence-electron chi connectivity index (χ4n) is 8.35. The minimum absolute atomic E-state index is 0.0187. The summed E-state index contributed by atoms with van der Waals surface area (Å²) < 4.78 is 193. The highest BCUT2D eigenvalue weighted by Crippen LogP contribution is 2.42. The Morgan fingerprint density at radius 2 is 0.904 bits per heavy atom. The van der Waals surface area contributed by atoms with Gasteiger partial charge in [0.1, 0.15) is 0 Å². The molecule has 73 heavy (non-hydrogen) atoms. The molecule has 3 saturated heterocycles. The average Bonchev–Trinajstić information content (AvgIpc) is 3.37. The van der Waals surface area contributed by atoms with Gasteiger partial charge in [-0.2, -0.15) is 43.9 Å². The predicted molar refractivity (Wildman–Crippen MR) is 243 cm³/mol. The lowest BCUT2D eigenvalue weighted by Crippen LogP contribution is -2.56. The Balaban J connectivity index is 0.000000243. The van der Waals surface area contributed by atoms with Crippen LogP contribution in [0.2, 0.25) is 0 Å². The van der Waals surface area contributed by atoms with E-state index in [1.807, 2.05) is 0 Å². The summed E-state index contributed by atoms with van der Waals surface area (Å²) >= 11 is 0. The van der Waals surface area contributed by atoms with Crippen LogP contribution in [0.1, 0.15) is 68.9 Å². The fourth-order valence-corrected chi connectivity index (χ4v) is 12.2. The summed E-state index contributed by atoms with van der Waals surface area (Å²) in [4.78, 5) is 30.2. The largest absolute Gasteiger partial charge is 0.480 e. The van der Waals surface area contributed by atoms with Crippen LogP contribution in [0.3, 0.4) is 0 Å². The maximum atomic E-state index is 13.8. The molecule has 0 aliphatic carbocycles. The van der Waals surface area contributed by atoms with Crippen LogP contribution in [0, 0.1) is 0 Å². The molecule has 2 N–H and O–H groups in total. The molecule has 0 radical (unpaired) electrons. The first-order valence-corrected chi connectivity index (χ1v) is 25.9. The standard InChI is InChI=1S/C27H30F5NO6S.C22H21F5O5S/c28-26(29,27(30,31)32)13-12-19-4-6-20(7-5-19)21-8-10-22(11-9-21)40(35,36)25(14-17-37-18-15-25)24(34)33-39-23-3-1-2-16-38-23;23-21(24,22(25,26)27)10-9-15-1-3-16(4-2-15)17-5-7-18(8-6-17)33(30,31)20(19(28)29)11-13-32-14-12-20/h4-11,23H,1-3,12-18H2,(H,33,34);1-8H,9-14H2,(H,28,29). The van der Waals surface area contributed by atoms with E-state index < -0.39 is 97.2 Å². The highest BCUT2D eigenvalue weighted by Gasteiger charge is 2.58. The molecule has 4 aromatic rings. The van der Waals surface area contributed by atoms with Gasteiger partial charge in [-0.1, -0.05) is 72.8 Å². The Labute approximate surface area is 414 Å². The zero-order valence-corrected chi connectivity index (χ0v) is 40.4. The molecule has 1 amide bonds. The zero-order chi connectivity index (χ0) is 53.5. The Morgan fingerprint density at radius 3 is 1.25 bits per heavy atom. The summed E-state index contributed by atoms with van der Waals surface area (Å²) in [6.45, 7) is 0.675. The summed E-state index contributed by atoms with van der Waals surface area (Å²) in [5, 5.41) is 9.64. The minimum atomic E-state index is -5.60. The van der Waals surface area contributed by atoms with E-state index in [0.717, 1.165) is 12.8 Å². The number of carboxylic acids is 1. The number of hydroxylamine groups is 1. The molecule has 12 nitrogen and oxygen atoms in total. The average molecular weight is 1080 g/mol. The molecule has 3 heterocycles. The lowest BCUT2D eigenvalue weighted by Gasteiger charge is -2.35. The molecule has 400 valence electrons. The van der Waals surface area contributed by atoms with Crippen molar-refractivity contribution in [3.63, 3.8) is 0 Å². The lowest BCUT2D eigenvalue weighted by atomic mass is 9.98. The van der Waals surface area contributed by atoms with E-state index in [4.69, 9.17) is 19.0 Å². The van der Waals surface area contributed by atoms with Crippen molar-refractivity contribution in [2.75, 3.05) is 33.0 Å². The number of hydrogen-bond donors (Lipinski definition) is 2. The number of ether oxygens (including phenoxy) is 3. The number of hydrogen-bond acceptors (Lipinski definition) is 10. The van der Waals surface area contributed by atoms with Crippen LogP contribution in [0.5, 0.6) is 0 Å². The molecule has 1 unspecified atom stereocenters. The summed E-state index contributed by atoms with van der Waals surface area (Å²) in [6, 6.07) is 23.3. The maximum Gasteiger partial charge on any atom is 0.453 e. The molecule has 1 atom stereocenters. The number of carbonyl (C=O) groups excluding carboxylic acids is 1. The number of nitrogens with one attached hydrogen (secondary N) is 1. The number of carbonyl (C=O) groups is 2. The van der Waals surface area contributed by atoms with Crippen LogP contribution >= 0.6 is 0 Å². The molecule has 0 aromatic heterocycles. The minimum Gasteiger partial charge on any atom is -0.480 e. The molecule has 24 heteroatoms. The second-order valence-electron chi connectivity index (χ2n) is 17.7. The topological polar surface area (TPSA) is 172 Å². The van der Waals surface area contributed by atoms with Gasteiger partial charge in [-0.05, 0) is 96.2 Å². The van der Waals surface area contributed by atoms with Crippen LogP contribution in [0.4, 0.5) is 43.9 Å². The van der Waals surface area contributed by atoms with E-state index >= 15 is 0 Å². The number of aryl methyl sites for hydroxylation is 2. The van der Waals surface area contributed by atoms with E-state index in [0.29, 0.717) is 46.4 Å². The first-order valence-electron chi connectivity index (χ1n) is 22.9. The quantitative estimate of drug-likeness (QED) is 0.0808. The monoisotopic (exact) mass is 1080 g/mol. The number of alkyl halides is 10. The van der Waals surface area contributed by atoms with Gasteiger partial charge in [-0.3, -0.25) is 9.59 Å². The number of aliphatic carboxylic acids is 1. The van der Waals surface area contributed by atoms with E-state index in [9.17, 15) is 75.4 Å². The Bertz CT molecular complexity index is 2720. The Hall–Kier alpha value is -5.14. The summed E-state index contributed by atoms with van der Waals surface area (Å²) in [5.41, 5.74) is 5.26. The van der Waals surface area contributed by atoms with Crippen molar-refractivity contribution in [3.05, 3.63) is 108 Å². The Morgan fingerprint density at radius 1 is 0.548 bits per heavy atom. The van der Waals surface area contributed by atoms with Gasteiger partial charge in [0.25, 0.3) is 5.91 Å². The molecule has 7 rings (SSSR count). The molecular formula is C49H51F10NO11S2. The summed E-state index contributed by atoms with van der Waals surface area (Å²) in [6.07, 6.45) is -13.6. The highest BCUT2D eigenvalue weighted by atomic mass is 32.2. The normalized spacial score (nSPS) is 18.7. The van der Waals surface area contributed by atoms with E-state index in [1.54, 1.807) is 12.1 Å². The van der Waals surface area contributed by atoms with Crippen molar-refractivity contribution < 1.29 is 94.5 Å². The van der Waals surface area contributed by atoms with Crippen LogP contribution in [0.15, 0.2) is 107 Å². The third-order valence-corrected chi connectivity index (χ3v) is 18.1. The van der Waals surface area contributed by atoms with E-state index in [-0.39, 0.29) is 61.9 Å². The number of carboxylic acid groups (broad SMARTS) is 1. The van der Waals surface area contributed by atoms with Gasteiger partial charge in [0.15, 0.2) is 35.5 Å². The number of halogens is 10. The van der Waals surface area contributed by atoms with Crippen LogP contribution in [0.25, 0.3) is 22.3 Å². The van der Waals surface area contributed by atoms with E-state index in [2.05, 4.69) is 5.48 Å². The number of amides is 1. The summed E-state index contributed by atoms with van der Waals surface area (Å²) in [5.74, 6) is -11.8. The van der Waals surface area contributed by atoms with Gasteiger partial charge >= 0.3 is 30.2 Å². The SMILES string of the molecule is O=C(NOC1CCCCO1)C1(S(=O)(=O)c2ccc(-c3ccc(CCC(F)(F)C(F)(F)F)cc3)cc2)CCOCC1.O=C(O)C1(S(=O)(=O)c2ccc(-c3ccc(CCC(F)(F)C(F)(F)F)cc3)cc2)CCOCC1. The van der Waals surface area contributed by atoms with Crippen molar-refractivity contribution in [2.24, 2.45) is 0 Å². The van der Waals surface area contributed by atoms with E-state index in [1.165, 1.54) is 84.9 Å². The molecular weight excluding hydrogens is 1030 g/mol. The third-order valence-electron chi connectivity index (χ3n) is 13.0. The van der Waals surface area contributed by atoms with Crippen molar-refractivity contribution >= 4 is 31.6 Å². The van der Waals surface area contributed by atoms with Gasteiger partial charge < -0.3 is 19.3 Å². The van der Waals surface area contributed by atoms with Gasteiger partial charge in [0.05, 0.1) is 9.79 Å². The molecule has 4 aromatic carbocycles. The van der Waals surface area contributed by atoms with Crippen LogP contribution < -0.4 is 5.48 Å². The van der Waals surface area contributed by atoms with Gasteiger partial charge in [0.2, 0.25) is 0 Å². The smallest absolute Gasteiger partial charge is 0.453 e. The molecule has 0 spiro atoms. The fraction of sp³-hybridized carbons (Fsp3) is 0.469. The predicted octanol–water partition coefficient (Wildman–Crippen LogP) is 10.3. The van der Waals surface area contributed by atoms with Crippen LogP contribution in [-0.2, 0) is 61.2 Å². The van der Waals surface area contributed by atoms with Crippen LogP contribution in [-0.4, -0.2) is 107 Å². The summed E-state index contributed by atoms with van der Waals surface area (Å²) in [7, 11) is -8.40. The van der Waals surface area contributed by atoms with Crippen molar-refractivity contribution in [1.82, 2.24) is 5.48 Å². The number of rotatable bonds is 16. The third kappa shape index (κ3) is 12.9. The number of sulfone groups is 2. The van der Waals surface area contributed by atoms with Crippen molar-refractivity contribution in [1.29, 1.82) is 0 Å². The van der Waals surface area contributed by atoms with Crippen molar-refractivity contribution in [3.8, 4) is 22.3 Å². The first kappa shape index (κ1) is 57.1. The highest BCUT2D eigenvalue weighted by molar-refractivity contribution is 7.94. The van der Waals surface area contributed by atoms with Gasteiger partial charge in [-0.15, -0.1) is 0 Å². The van der Waals surface area contributed by atoms with Gasteiger partial charge in [-0.25, -0.2) is 27.2 Å². The molecule has 0 bridgehead atoms. The maximum absolute atomic E-state index is 13.8. The lowest BCUT2D eigenvalue weighted by molar-refractivity contribution is -0.284. The second kappa shape index (κ2) is 22.8. The second-order valence-corrected chi connectivity index (χ2v) is 22.2.